The molecule has 9 heteroatoms. The summed E-state index contributed by atoms with van der Waals surface area (Å²) in [6.45, 7) is 0.881. The summed E-state index contributed by atoms with van der Waals surface area (Å²) in [6.07, 6.45) is 0.554. The molecule has 1 unspecified atom stereocenters. The maximum absolute atomic E-state index is 13.3. The molecule has 1 aliphatic carbocycles. The van der Waals surface area contributed by atoms with Crippen LogP contribution in [0, 0.1) is 0 Å². The fraction of sp³-hybridized carbons (Fsp3) is 0.188. The highest BCUT2D eigenvalue weighted by Crippen LogP contribution is 2.44. The Morgan fingerprint density at radius 1 is 0.902 bits per heavy atom. The number of benzene rings is 3. The van der Waals surface area contributed by atoms with Crippen LogP contribution in [0.3, 0.4) is 0 Å². The zero-order valence-corrected chi connectivity index (χ0v) is 22.5. The van der Waals surface area contributed by atoms with Gasteiger partial charge >= 0.3 is 12.1 Å². The number of pyridine rings is 1. The Labute approximate surface area is 237 Å². The summed E-state index contributed by atoms with van der Waals surface area (Å²) in [5, 5.41) is 14.5. The molecule has 1 aromatic heterocycles. The van der Waals surface area contributed by atoms with Crippen molar-refractivity contribution in [1.29, 1.82) is 0 Å². The summed E-state index contributed by atoms with van der Waals surface area (Å²) in [7, 11) is 1.86. The average molecular weight is 551 g/mol. The van der Waals surface area contributed by atoms with E-state index in [-0.39, 0.29) is 24.8 Å². The van der Waals surface area contributed by atoms with E-state index in [1.54, 1.807) is 0 Å². The minimum absolute atomic E-state index is 0.111. The normalized spacial score (nSPS) is 12.7. The van der Waals surface area contributed by atoms with Gasteiger partial charge in [-0.15, -0.1) is 0 Å². The molecule has 0 spiro atoms. The van der Waals surface area contributed by atoms with E-state index < -0.39 is 24.0 Å². The van der Waals surface area contributed by atoms with Crippen LogP contribution in [0.4, 0.5) is 10.5 Å². The Balaban J connectivity index is 1.27. The van der Waals surface area contributed by atoms with Gasteiger partial charge in [0.25, 0.3) is 0 Å². The third-order valence-corrected chi connectivity index (χ3v) is 6.99. The topological polar surface area (TPSA) is 121 Å². The van der Waals surface area contributed by atoms with Crippen LogP contribution >= 0.6 is 0 Å². The number of carboxylic acids is 1. The number of fused-ring (bicyclic) bond motifs is 3. The minimum atomic E-state index is -1.17. The number of carbonyl (C=O) groups excluding carboxylic acids is 2. The van der Waals surface area contributed by atoms with Crippen molar-refractivity contribution in [3.8, 4) is 11.1 Å². The van der Waals surface area contributed by atoms with Crippen molar-refractivity contribution >= 4 is 23.7 Å². The van der Waals surface area contributed by atoms with Gasteiger partial charge in [-0.25, -0.2) is 14.6 Å². The number of hydrogen-bond acceptors (Lipinski definition) is 6. The van der Waals surface area contributed by atoms with Crippen molar-refractivity contribution in [2.45, 2.75) is 18.5 Å². The molecule has 1 atom stereocenters. The molecule has 0 radical (unpaired) electrons. The summed E-state index contributed by atoms with van der Waals surface area (Å²) in [5.41, 5.74) is 5.66. The van der Waals surface area contributed by atoms with Gasteiger partial charge in [0.2, 0.25) is 5.91 Å². The van der Waals surface area contributed by atoms with Crippen molar-refractivity contribution in [1.82, 2.24) is 15.2 Å². The Hall–Kier alpha value is -5.02. The van der Waals surface area contributed by atoms with Crippen molar-refractivity contribution in [3.63, 3.8) is 0 Å². The van der Waals surface area contributed by atoms with Crippen LogP contribution in [-0.2, 0) is 16.1 Å². The van der Waals surface area contributed by atoms with Crippen LogP contribution in [0.5, 0.6) is 0 Å². The molecule has 9 nitrogen and oxygen atoms in total. The van der Waals surface area contributed by atoms with E-state index >= 15 is 0 Å². The molecule has 1 heterocycles. The number of amides is 2. The molecule has 2 amide bonds. The Morgan fingerprint density at radius 2 is 1.54 bits per heavy atom. The van der Waals surface area contributed by atoms with Crippen LogP contribution in [-0.4, -0.2) is 59.2 Å². The second kappa shape index (κ2) is 12.4. The number of anilines is 1. The number of hydrogen-bond donors (Lipinski definition) is 3. The number of carboxylic acid groups (broad SMARTS) is 1. The predicted octanol–water partition coefficient (Wildman–Crippen LogP) is 4.76. The lowest BCUT2D eigenvalue weighted by molar-refractivity contribution is -0.118. The second-order valence-electron chi connectivity index (χ2n) is 9.93. The number of aromatic nitrogens is 1. The number of ether oxygens (including phenoxy) is 1. The molecule has 41 heavy (non-hydrogen) atoms. The molecule has 0 saturated heterocycles. The highest BCUT2D eigenvalue weighted by atomic mass is 16.5. The van der Waals surface area contributed by atoms with Crippen molar-refractivity contribution in [3.05, 3.63) is 120 Å². The molecule has 0 saturated carbocycles. The van der Waals surface area contributed by atoms with E-state index in [0.29, 0.717) is 12.2 Å². The molecule has 0 fully saturated rings. The smallest absolute Gasteiger partial charge is 0.407 e. The van der Waals surface area contributed by atoms with Gasteiger partial charge in [-0.2, -0.15) is 0 Å². The molecular formula is C32H30N4O5. The number of rotatable bonds is 10. The summed E-state index contributed by atoms with van der Waals surface area (Å²) >= 11 is 0. The van der Waals surface area contributed by atoms with Crippen molar-refractivity contribution in [2.75, 3.05) is 25.5 Å². The molecular weight excluding hydrogens is 520 g/mol. The Bertz CT molecular complexity index is 1500. The molecule has 4 aromatic rings. The van der Waals surface area contributed by atoms with E-state index in [2.05, 4.69) is 27.8 Å². The standard InChI is InChI=1S/C32H30N4O5/c1-36(18-21-9-3-2-4-10-21)19-29(30(37)34-22-15-16-28(31(38)39)33-17-22)35-32(40)41-20-27-25-13-7-5-11-23(25)24-12-6-8-14-26(24)27/h2-17,27,29H,18-20H2,1H3,(H,34,37)(H,35,40)(H,38,39). The monoisotopic (exact) mass is 550 g/mol. The summed E-state index contributed by atoms with van der Waals surface area (Å²) in [6, 6.07) is 27.7. The van der Waals surface area contributed by atoms with E-state index in [4.69, 9.17) is 9.84 Å². The molecule has 1 aliphatic rings. The van der Waals surface area contributed by atoms with Gasteiger partial charge in [0.05, 0.1) is 11.9 Å². The third-order valence-electron chi connectivity index (χ3n) is 6.99. The minimum Gasteiger partial charge on any atom is -0.477 e. The number of aromatic carboxylic acids is 1. The van der Waals surface area contributed by atoms with Crippen LogP contribution in [0.25, 0.3) is 11.1 Å². The van der Waals surface area contributed by atoms with Gasteiger partial charge in [0, 0.05) is 19.0 Å². The third kappa shape index (κ3) is 6.59. The molecule has 3 aromatic carbocycles. The maximum Gasteiger partial charge on any atom is 0.407 e. The SMILES string of the molecule is CN(Cc1ccccc1)CC(NC(=O)OCC1c2ccccc2-c2ccccc21)C(=O)Nc1ccc(C(=O)O)nc1. The van der Waals surface area contributed by atoms with Gasteiger partial charge < -0.3 is 20.5 Å². The number of alkyl carbamates (subject to hydrolysis) is 1. The molecule has 3 N–H and O–H groups in total. The summed E-state index contributed by atoms with van der Waals surface area (Å²) in [5.74, 6) is -1.76. The molecule has 5 rings (SSSR count). The first-order chi connectivity index (χ1) is 19.9. The van der Waals surface area contributed by atoms with Crippen LogP contribution in [0.1, 0.15) is 33.1 Å². The van der Waals surface area contributed by atoms with Gasteiger partial charge in [-0.3, -0.25) is 9.69 Å². The maximum atomic E-state index is 13.3. The fourth-order valence-electron chi connectivity index (χ4n) is 5.07. The summed E-state index contributed by atoms with van der Waals surface area (Å²) in [4.78, 5) is 43.2. The lowest BCUT2D eigenvalue weighted by atomic mass is 9.98. The van der Waals surface area contributed by atoms with Crippen LogP contribution < -0.4 is 10.6 Å². The molecule has 0 bridgehead atoms. The van der Waals surface area contributed by atoms with E-state index in [1.807, 2.05) is 78.7 Å². The second-order valence-corrected chi connectivity index (χ2v) is 9.93. The van der Waals surface area contributed by atoms with E-state index in [9.17, 15) is 14.4 Å². The van der Waals surface area contributed by atoms with Crippen LogP contribution in [0.15, 0.2) is 97.2 Å². The Morgan fingerprint density at radius 3 is 2.15 bits per heavy atom. The molecule has 0 aliphatic heterocycles. The van der Waals surface area contributed by atoms with Gasteiger partial charge in [0.15, 0.2) is 0 Å². The van der Waals surface area contributed by atoms with Crippen molar-refractivity contribution in [2.24, 2.45) is 0 Å². The number of nitrogens with one attached hydrogen (secondary N) is 2. The fourth-order valence-corrected chi connectivity index (χ4v) is 5.07. The lowest BCUT2D eigenvalue weighted by Crippen LogP contribution is -2.50. The average Bonchev–Trinajstić information content (AvgIpc) is 3.30. The number of nitrogens with zero attached hydrogens (tertiary/aromatic N) is 2. The first-order valence-corrected chi connectivity index (χ1v) is 13.2. The predicted molar refractivity (Wildman–Crippen MR) is 155 cm³/mol. The zero-order chi connectivity index (χ0) is 28.8. The van der Waals surface area contributed by atoms with Gasteiger partial charge in [0.1, 0.15) is 18.3 Å². The highest BCUT2D eigenvalue weighted by molar-refractivity contribution is 5.97. The highest BCUT2D eigenvalue weighted by Gasteiger charge is 2.30. The zero-order valence-electron chi connectivity index (χ0n) is 22.5. The number of likely N-dealkylation sites (N-methyl/N-ethyl adjacent to an activating group) is 1. The van der Waals surface area contributed by atoms with Gasteiger partial charge in [-0.1, -0.05) is 78.9 Å². The van der Waals surface area contributed by atoms with Gasteiger partial charge in [-0.05, 0) is 47.0 Å². The van der Waals surface area contributed by atoms with Crippen molar-refractivity contribution < 1.29 is 24.2 Å². The quantitative estimate of drug-likeness (QED) is 0.260. The lowest BCUT2D eigenvalue weighted by Gasteiger charge is -2.24. The Kier molecular flexibility index (Phi) is 8.36. The summed E-state index contributed by atoms with van der Waals surface area (Å²) < 4.78 is 5.69. The van der Waals surface area contributed by atoms with Crippen LogP contribution in [0.2, 0.25) is 0 Å². The van der Waals surface area contributed by atoms with E-state index in [1.165, 1.54) is 18.3 Å². The largest absolute Gasteiger partial charge is 0.477 e. The first kappa shape index (κ1) is 27.5. The van der Waals surface area contributed by atoms with E-state index in [0.717, 1.165) is 27.8 Å². The number of carbonyl (C=O) groups is 3. The first-order valence-electron chi connectivity index (χ1n) is 13.2. The molecule has 208 valence electrons.